The number of rotatable bonds is 2. The molecule has 0 aliphatic carbocycles. The van der Waals surface area contributed by atoms with E-state index in [9.17, 15) is 0 Å². The molecule has 0 amide bonds. The molecule has 2 rings (SSSR count). The third-order valence-corrected chi connectivity index (χ3v) is 3.92. The molecule has 1 aliphatic heterocycles. The molecule has 1 fully saturated rings. The van der Waals surface area contributed by atoms with Crippen LogP contribution in [0.5, 0.6) is 5.75 Å². The lowest BCUT2D eigenvalue weighted by molar-refractivity contribution is 0.277. The molecule has 0 spiro atoms. The predicted octanol–water partition coefficient (Wildman–Crippen LogP) is 3.39. The minimum atomic E-state index is 0.392. The first-order valence-corrected chi connectivity index (χ1v) is 6.02. The second-order valence-corrected chi connectivity index (χ2v) is 4.98. The Labute approximate surface area is 102 Å². The molecule has 0 bridgehead atoms. The van der Waals surface area contributed by atoms with Crippen molar-refractivity contribution >= 4 is 11.6 Å². The summed E-state index contributed by atoms with van der Waals surface area (Å²) in [6.07, 6.45) is 1.15. The quantitative estimate of drug-likeness (QED) is 0.854. The third kappa shape index (κ3) is 1.80. The van der Waals surface area contributed by atoms with Crippen molar-refractivity contribution in [2.75, 3.05) is 7.11 Å². The molecule has 16 heavy (non-hydrogen) atoms. The van der Waals surface area contributed by atoms with Gasteiger partial charge in [0.2, 0.25) is 0 Å². The number of halogens is 1. The summed E-state index contributed by atoms with van der Waals surface area (Å²) >= 11 is 6.29. The fraction of sp³-hybridized carbons (Fsp3) is 0.538. The van der Waals surface area contributed by atoms with Gasteiger partial charge in [0.15, 0.2) is 0 Å². The first kappa shape index (κ1) is 11.7. The van der Waals surface area contributed by atoms with Crippen molar-refractivity contribution in [1.82, 2.24) is 5.32 Å². The predicted molar refractivity (Wildman–Crippen MR) is 67.4 cm³/mol. The number of ether oxygens (including phenoxy) is 1. The van der Waals surface area contributed by atoms with Crippen LogP contribution in [0, 0.1) is 13.8 Å². The standard InChI is InChI=1S/C13H18ClNO/c1-7-5-11(16-4)12(9(3)13(7)14)10-6-8(2)15-10/h5,8,10,15H,6H2,1-4H3. The first-order valence-electron chi connectivity index (χ1n) is 5.64. The van der Waals surface area contributed by atoms with Crippen molar-refractivity contribution in [2.45, 2.75) is 39.3 Å². The van der Waals surface area contributed by atoms with Gasteiger partial charge in [0.25, 0.3) is 0 Å². The number of benzene rings is 1. The van der Waals surface area contributed by atoms with Crippen molar-refractivity contribution in [1.29, 1.82) is 0 Å². The Morgan fingerprint density at radius 1 is 1.44 bits per heavy atom. The van der Waals surface area contributed by atoms with Crippen LogP contribution in [0.1, 0.15) is 36.1 Å². The van der Waals surface area contributed by atoms with Gasteiger partial charge in [-0.3, -0.25) is 0 Å². The van der Waals surface area contributed by atoms with Crippen LogP contribution in [0.3, 0.4) is 0 Å². The van der Waals surface area contributed by atoms with Gasteiger partial charge < -0.3 is 10.1 Å². The summed E-state index contributed by atoms with van der Waals surface area (Å²) in [5, 5.41) is 4.34. The summed E-state index contributed by atoms with van der Waals surface area (Å²) in [6, 6.07) is 3.01. The van der Waals surface area contributed by atoms with Crippen molar-refractivity contribution in [3.63, 3.8) is 0 Å². The lowest BCUT2D eigenvalue weighted by Gasteiger charge is -2.37. The van der Waals surface area contributed by atoms with Crippen molar-refractivity contribution < 1.29 is 4.74 Å². The topological polar surface area (TPSA) is 21.3 Å². The minimum Gasteiger partial charge on any atom is -0.496 e. The zero-order chi connectivity index (χ0) is 11.9. The van der Waals surface area contributed by atoms with Gasteiger partial charge in [-0.05, 0) is 44.4 Å². The maximum atomic E-state index is 6.29. The third-order valence-electron chi connectivity index (χ3n) is 3.34. The van der Waals surface area contributed by atoms with Crippen LogP contribution in [0.15, 0.2) is 6.07 Å². The molecule has 0 saturated carbocycles. The van der Waals surface area contributed by atoms with Crippen LogP contribution in [0.2, 0.25) is 5.02 Å². The molecule has 1 heterocycles. The minimum absolute atomic E-state index is 0.392. The van der Waals surface area contributed by atoms with Crippen LogP contribution < -0.4 is 10.1 Å². The van der Waals surface area contributed by atoms with Gasteiger partial charge in [-0.2, -0.15) is 0 Å². The highest BCUT2D eigenvalue weighted by atomic mass is 35.5. The zero-order valence-corrected chi connectivity index (χ0v) is 11.0. The molecule has 1 aromatic carbocycles. The van der Waals surface area contributed by atoms with Crippen LogP contribution in [-0.4, -0.2) is 13.2 Å². The second kappa shape index (κ2) is 4.27. The van der Waals surface area contributed by atoms with E-state index in [1.165, 1.54) is 5.56 Å². The summed E-state index contributed by atoms with van der Waals surface area (Å²) in [5.41, 5.74) is 3.44. The highest BCUT2D eigenvalue weighted by Gasteiger charge is 2.30. The Bertz CT molecular complexity index is 411. The van der Waals surface area contributed by atoms with Gasteiger partial charge in [0.1, 0.15) is 5.75 Å². The Kier molecular flexibility index (Phi) is 3.13. The maximum Gasteiger partial charge on any atom is 0.124 e. The fourth-order valence-corrected chi connectivity index (χ4v) is 2.57. The molecule has 1 aliphatic rings. The highest BCUT2D eigenvalue weighted by Crippen LogP contribution is 2.40. The summed E-state index contributed by atoms with van der Waals surface area (Å²) in [6.45, 7) is 6.27. The molecule has 0 aromatic heterocycles. The summed E-state index contributed by atoms with van der Waals surface area (Å²) in [5.74, 6) is 0.948. The molecule has 1 saturated heterocycles. The Morgan fingerprint density at radius 3 is 2.56 bits per heavy atom. The monoisotopic (exact) mass is 239 g/mol. The SMILES string of the molecule is COc1cc(C)c(Cl)c(C)c1C1CC(C)N1. The van der Waals surface area contributed by atoms with Crippen LogP contribution in [0.4, 0.5) is 0 Å². The molecule has 0 radical (unpaired) electrons. The number of hydrogen-bond acceptors (Lipinski definition) is 2. The lowest BCUT2D eigenvalue weighted by atomic mass is 9.87. The van der Waals surface area contributed by atoms with Gasteiger partial charge >= 0.3 is 0 Å². The van der Waals surface area contributed by atoms with Crippen molar-refractivity contribution in [2.24, 2.45) is 0 Å². The molecule has 3 heteroatoms. The first-order chi connectivity index (χ1) is 7.54. The number of hydrogen-bond donors (Lipinski definition) is 1. The van der Waals surface area contributed by atoms with E-state index >= 15 is 0 Å². The Morgan fingerprint density at radius 2 is 2.06 bits per heavy atom. The van der Waals surface area contributed by atoms with Gasteiger partial charge in [-0.1, -0.05) is 11.6 Å². The van der Waals surface area contributed by atoms with E-state index in [1.54, 1.807) is 7.11 Å². The Balaban J connectivity index is 2.45. The molecule has 2 unspecified atom stereocenters. The van der Waals surface area contributed by atoms with Gasteiger partial charge in [0.05, 0.1) is 7.11 Å². The van der Waals surface area contributed by atoms with E-state index in [-0.39, 0.29) is 0 Å². The lowest BCUT2D eigenvalue weighted by Crippen LogP contribution is -2.44. The average Bonchev–Trinajstić information content (AvgIpc) is 2.22. The second-order valence-electron chi connectivity index (χ2n) is 4.60. The molecular formula is C13H18ClNO. The summed E-state index contributed by atoms with van der Waals surface area (Å²) in [4.78, 5) is 0. The van der Waals surface area contributed by atoms with Crippen molar-refractivity contribution in [3.8, 4) is 5.75 Å². The molecular weight excluding hydrogens is 222 g/mol. The normalized spacial score (nSPS) is 24.1. The summed E-state index contributed by atoms with van der Waals surface area (Å²) in [7, 11) is 1.72. The van der Waals surface area contributed by atoms with E-state index in [2.05, 4.69) is 19.2 Å². The Hall–Kier alpha value is -0.730. The fourth-order valence-electron chi connectivity index (χ4n) is 2.41. The molecule has 2 nitrogen and oxygen atoms in total. The maximum absolute atomic E-state index is 6.29. The van der Waals surface area contributed by atoms with Crippen molar-refractivity contribution in [3.05, 3.63) is 27.8 Å². The summed E-state index contributed by atoms with van der Waals surface area (Å²) < 4.78 is 5.46. The van der Waals surface area contributed by atoms with Gasteiger partial charge in [0, 0.05) is 22.7 Å². The van der Waals surface area contributed by atoms with Crippen LogP contribution in [0.25, 0.3) is 0 Å². The van der Waals surface area contributed by atoms with E-state index < -0.39 is 0 Å². The zero-order valence-electron chi connectivity index (χ0n) is 10.2. The van der Waals surface area contributed by atoms with Crippen LogP contribution >= 0.6 is 11.6 Å². The van der Waals surface area contributed by atoms with E-state index in [1.807, 2.05) is 13.0 Å². The van der Waals surface area contributed by atoms with E-state index in [0.29, 0.717) is 12.1 Å². The average molecular weight is 240 g/mol. The molecule has 1 N–H and O–H groups in total. The largest absolute Gasteiger partial charge is 0.496 e. The smallest absolute Gasteiger partial charge is 0.124 e. The molecule has 1 aromatic rings. The molecule has 88 valence electrons. The number of nitrogens with one attached hydrogen (secondary N) is 1. The van der Waals surface area contributed by atoms with E-state index in [0.717, 1.165) is 28.3 Å². The highest BCUT2D eigenvalue weighted by molar-refractivity contribution is 6.32. The van der Waals surface area contributed by atoms with Crippen LogP contribution in [-0.2, 0) is 0 Å². The van der Waals surface area contributed by atoms with E-state index in [4.69, 9.17) is 16.3 Å². The number of aryl methyl sites for hydroxylation is 1. The van der Waals surface area contributed by atoms with Gasteiger partial charge in [-0.15, -0.1) is 0 Å². The van der Waals surface area contributed by atoms with Gasteiger partial charge in [-0.25, -0.2) is 0 Å². The number of methoxy groups -OCH3 is 1. The molecule has 2 atom stereocenters.